The van der Waals surface area contributed by atoms with E-state index >= 15 is 0 Å². The van der Waals surface area contributed by atoms with Crippen molar-refractivity contribution in [3.05, 3.63) is 17.0 Å². The highest BCUT2D eigenvalue weighted by Gasteiger charge is 2.26. The standard InChI is InChI=1S/C9H13N3O/c1-6-8-7(10-12(6)3)4-5-11(2)9(8)13/h4-5H2,1-3H3. The van der Waals surface area contributed by atoms with Crippen LogP contribution < -0.4 is 0 Å². The highest BCUT2D eigenvalue weighted by Crippen LogP contribution is 2.19. The SMILES string of the molecule is Cc1c2c(nn1C)CCN(C)C2=O. The van der Waals surface area contributed by atoms with E-state index in [0.29, 0.717) is 0 Å². The van der Waals surface area contributed by atoms with Gasteiger partial charge in [-0.1, -0.05) is 0 Å². The summed E-state index contributed by atoms with van der Waals surface area (Å²) >= 11 is 0. The molecular weight excluding hydrogens is 166 g/mol. The molecule has 0 spiro atoms. The predicted octanol–water partition coefficient (Wildman–Crippen LogP) is 0.357. The Labute approximate surface area is 77.1 Å². The Morgan fingerprint density at radius 3 is 2.77 bits per heavy atom. The Hall–Kier alpha value is -1.32. The first-order valence-electron chi connectivity index (χ1n) is 4.39. The van der Waals surface area contributed by atoms with Gasteiger partial charge in [0, 0.05) is 32.8 Å². The van der Waals surface area contributed by atoms with E-state index in [1.807, 2.05) is 21.0 Å². The molecule has 4 heteroatoms. The van der Waals surface area contributed by atoms with Crippen molar-refractivity contribution >= 4 is 5.91 Å². The number of carbonyl (C=O) groups is 1. The van der Waals surface area contributed by atoms with Gasteiger partial charge in [0.2, 0.25) is 0 Å². The first-order valence-corrected chi connectivity index (χ1v) is 4.39. The zero-order valence-corrected chi connectivity index (χ0v) is 8.16. The summed E-state index contributed by atoms with van der Waals surface area (Å²) in [6.07, 6.45) is 0.874. The number of hydrogen-bond acceptors (Lipinski definition) is 2. The van der Waals surface area contributed by atoms with Gasteiger partial charge >= 0.3 is 0 Å². The maximum absolute atomic E-state index is 11.7. The van der Waals surface area contributed by atoms with Gasteiger partial charge in [-0.15, -0.1) is 0 Å². The van der Waals surface area contributed by atoms with Crippen molar-refractivity contribution in [2.24, 2.45) is 7.05 Å². The molecular formula is C9H13N3O. The van der Waals surface area contributed by atoms with Gasteiger partial charge in [-0.3, -0.25) is 9.48 Å². The van der Waals surface area contributed by atoms with Gasteiger partial charge in [0.25, 0.3) is 5.91 Å². The van der Waals surface area contributed by atoms with Gasteiger partial charge in [-0.25, -0.2) is 0 Å². The second-order valence-electron chi connectivity index (χ2n) is 3.51. The van der Waals surface area contributed by atoms with E-state index in [2.05, 4.69) is 5.10 Å². The second kappa shape index (κ2) is 2.58. The van der Waals surface area contributed by atoms with Crippen molar-refractivity contribution in [3.8, 4) is 0 Å². The number of likely N-dealkylation sites (N-methyl/N-ethyl adjacent to an activating group) is 1. The minimum absolute atomic E-state index is 0.104. The van der Waals surface area contributed by atoms with Crippen molar-refractivity contribution in [1.29, 1.82) is 0 Å². The third-order valence-electron chi connectivity index (χ3n) is 2.65. The normalized spacial score (nSPS) is 16.2. The van der Waals surface area contributed by atoms with Crippen LogP contribution in [0.3, 0.4) is 0 Å². The molecule has 2 heterocycles. The molecule has 0 unspecified atom stereocenters. The summed E-state index contributed by atoms with van der Waals surface area (Å²) in [5.74, 6) is 0.104. The van der Waals surface area contributed by atoms with E-state index in [1.165, 1.54) is 0 Å². The summed E-state index contributed by atoms with van der Waals surface area (Å²) in [5.41, 5.74) is 2.71. The van der Waals surface area contributed by atoms with Crippen molar-refractivity contribution in [1.82, 2.24) is 14.7 Å². The van der Waals surface area contributed by atoms with Gasteiger partial charge in [-0.2, -0.15) is 5.10 Å². The minimum Gasteiger partial charge on any atom is -0.341 e. The lowest BCUT2D eigenvalue weighted by atomic mass is 10.1. The van der Waals surface area contributed by atoms with Crippen LogP contribution in [0, 0.1) is 6.92 Å². The lowest BCUT2D eigenvalue weighted by Crippen LogP contribution is -2.34. The number of aryl methyl sites for hydroxylation is 1. The van der Waals surface area contributed by atoms with Gasteiger partial charge < -0.3 is 4.90 Å². The summed E-state index contributed by atoms with van der Waals surface area (Å²) in [7, 11) is 3.71. The zero-order chi connectivity index (χ0) is 9.59. The summed E-state index contributed by atoms with van der Waals surface area (Å²) < 4.78 is 1.78. The molecule has 0 fully saturated rings. The first-order chi connectivity index (χ1) is 6.11. The Balaban J connectivity index is 2.58. The number of aromatic nitrogens is 2. The number of amides is 1. The molecule has 0 saturated carbocycles. The van der Waals surface area contributed by atoms with Gasteiger partial charge in [-0.05, 0) is 6.92 Å². The summed E-state index contributed by atoms with van der Waals surface area (Å²) in [6.45, 7) is 2.71. The van der Waals surface area contributed by atoms with E-state index in [4.69, 9.17) is 0 Å². The first kappa shape index (κ1) is 8.29. The lowest BCUT2D eigenvalue weighted by molar-refractivity contribution is 0.0780. The van der Waals surface area contributed by atoms with Gasteiger partial charge in [0.15, 0.2) is 0 Å². The fourth-order valence-electron chi connectivity index (χ4n) is 1.70. The Morgan fingerprint density at radius 2 is 2.08 bits per heavy atom. The molecule has 4 nitrogen and oxygen atoms in total. The smallest absolute Gasteiger partial charge is 0.257 e. The summed E-state index contributed by atoms with van der Waals surface area (Å²) in [5, 5.41) is 4.30. The molecule has 1 aliphatic rings. The van der Waals surface area contributed by atoms with Crippen LogP contribution in [0.2, 0.25) is 0 Å². The number of hydrogen-bond donors (Lipinski definition) is 0. The molecule has 13 heavy (non-hydrogen) atoms. The largest absolute Gasteiger partial charge is 0.341 e. The topological polar surface area (TPSA) is 38.1 Å². The molecule has 1 aliphatic heterocycles. The fourth-order valence-corrected chi connectivity index (χ4v) is 1.70. The Morgan fingerprint density at radius 1 is 1.38 bits per heavy atom. The molecule has 0 atom stereocenters. The van der Waals surface area contributed by atoms with Gasteiger partial charge in [0.1, 0.15) is 0 Å². The fraction of sp³-hybridized carbons (Fsp3) is 0.556. The average Bonchev–Trinajstić information content (AvgIpc) is 2.37. The van der Waals surface area contributed by atoms with E-state index in [0.717, 1.165) is 29.9 Å². The lowest BCUT2D eigenvalue weighted by Gasteiger charge is -2.21. The summed E-state index contributed by atoms with van der Waals surface area (Å²) in [6, 6.07) is 0. The average molecular weight is 179 g/mol. The molecule has 70 valence electrons. The maximum atomic E-state index is 11.7. The van der Waals surface area contributed by atoms with Crippen LogP contribution >= 0.6 is 0 Å². The molecule has 0 aromatic carbocycles. The minimum atomic E-state index is 0.104. The number of nitrogens with zero attached hydrogens (tertiary/aromatic N) is 3. The molecule has 1 aromatic rings. The Kier molecular flexibility index (Phi) is 1.65. The summed E-state index contributed by atoms with van der Waals surface area (Å²) in [4.78, 5) is 13.5. The molecule has 0 aliphatic carbocycles. The molecule has 2 rings (SSSR count). The van der Waals surface area contributed by atoms with E-state index in [1.54, 1.807) is 9.58 Å². The van der Waals surface area contributed by atoms with E-state index in [-0.39, 0.29) is 5.91 Å². The van der Waals surface area contributed by atoms with Crippen LogP contribution in [-0.4, -0.2) is 34.2 Å². The second-order valence-corrected chi connectivity index (χ2v) is 3.51. The quantitative estimate of drug-likeness (QED) is 0.576. The van der Waals surface area contributed by atoms with Crippen LogP contribution in [0.1, 0.15) is 21.7 Å². The molecule has 0 radical (unpaired) electrons. The molecule has 1 aromatic heterocycles. The molecule has 0 saturated heterocycles. The van der Waals surface area contributed by atoms with Crippen molar-refractivity contribution in [2.45, 2.75) is 13.3 Å². The van der Waals surface area contributed by atoms with E-state index in [9.17, 15) is 4.79 Å². The third-order valence-corrected chi connectivity index (χ3v) is 2.65. The van der Waals surface area contributed by atoms with Crippen LogP contribution in [0.4, 0.5) is 0 Å². The number of carbonyl (C=O) groups excluding carboxylic acids is 1. The maximum Gasteiger partial charge on any atom is 0.257 e. The van der Waals surface area contributed by atoms with Gasteiger partial charge in [0.05, 0.1) is 11.3 Å². The number of rotatable bonds is 0. The van der Waals surface area contributed by atoms with Crippen molar-refractivity contribution in [2.75, 3.05) is 13.6 Å². The van der Waals surface area contributed by atoms with Crippen LogP contribution in [0.15, 0.2) is 0 Å². The van der Waals surface area contributed by atoms with Crippen LogP contribution in [-0.2, 0) is 13.5 Å². The van der Waals surface area contributed by atoms with Crippen molar-refractivity contribution in [3.63, 3.8) is 0 Å². The monoisotopic (exact) mass is 179 g/mol. The zero-order valence-electron chi connectivity index (χ0n) is 8.16. The Bertz CT molecular complexity index is 367. The van der Waals surface area contributed by atoms with Crippen molar-refractivity contribution < 1.29 is 4.79 Å². The third kappa shape index (κ3) is 1.05. The van der Waals surface area contributed by atoms with Crippen LogP contribution in [0.5, 0.6) is 0 Å². The molecule has 0 N–H and O–H groups in total. The molecule has 0 bridgehead atoms. The predicted molar refractivity (Wildman–Crippen MR) is 48.6 cm³/mol. The van der Waals surface area contributed by atoms with E-state index < -0.39 is 0 Å². The highest BCUT2D eigenvalue weighted by atomic mass is 16.2. The van der Waals surface area contributed by atoms with Crippen LogP contribution in [0.25, 0.3) is 0 Å². The highest BCUT2D eigenvalue weighted by molar-refractivity contribution is 5.97. The molecule has 1 amide bonds. The number of fused-ring (bicyclic) bond motifs is 1.